The van der Waals surface area contributed by atoms with Crippen molar-refractivity contribution < 1.29 is 23.4 Å². The summed E-state index contributed by atoms with van der Waals surface area (Å²) in [6.07, 6.45) is 2.31. The number of nitrogens with zero attached hydrogens (tertiary/aromatic N) is 1. The molecule has 1 unspecified atom stereocenters. The average molecular weight is 416 g/mol. The fourth-order valence-corrected chi connectivity index (χ4v) is 3.37. The molecule has 156 valence electrons. The number of nitrogens with two attached hydrogens (primary N) is 1. The standard InChI is InChI=1S/C24H20N2O5/c1-2-11-28-16-7-5-15(6-8-16)22-18-10-9-17(30-24(27)20-4-3-12-29-20)13-21(18)31-23(26)19(22)14-25/h3-10,12-13,22H,2,11,26H2,1H3. The van der Waals surface area contributed by atoms with Crippen LogP contribution in [0, 0.1) is 11.3 Å². The third kappa shape index (κ3) is 4.09. The van der Waals surface area contributed by atoms with E-state index in [1.54, 1.807) is 24.3 Å². The number of carbonyl (C=O) groups is 1. The molecular weight excluding hydrogens is 396 g/mol. The van der Waals surface area contributed by atoms with Gasteiger partial charge in [-0.1, -0.05) is 25.1 Å². The summed E-state index contributed by atoms with van der Waals surface area (Å²) in [5, 5.41) is 9.70. The number of benzene rings is 2. The fourth-order valence-electron chi connectivity index (χ4n) is 3.37. The first kappa shape index (κ1) is 20.1. The van der Waals surface area contributed by atoms with Crippen molar-refractivity contribution in [1.82, 2.24) is 0 Å². The van der Waals surface area contributed by atoms with Crippen LogP contribution in [0.15, 0.2) is 76.7 Å². The number of ether oxygens (including phenoxy) is 3. The lowest BCUT2D eigenvalue weighted by molar-refractivity contribution is 0.0701. The van der Waals surface area contributed by atoms with Crippen molar-refractivity contribution in [2.45, 2.75) is 19.3 Å². The van der Waals surface area contributed by atoms with Gasteiger partial charge in [0.2, 0.25) is 11.6 Å². The summed E-state index contributed by atoms with van der Waals surface area (Å²) in [4.78, 5) is 12.2. The van der Waals surface area contributed by atoms with E-state index in [0.717, 1.165) is 23.3 Å². The summed E-state index contributed by atoms with van der Waals surface area (Å²) in [5.74, 6) is 0.514. The molecule has 2 aromatic carbocycles. The van der Waals surface area contributed by atoms with Gasteiger partial charge in [0.25, 0.3) is 0 Å². The molecule has 0 saturated heterocycles. The lowest BCUT2D eigenvalue weighted by Crippen LogP contribution is -2.21. The first-order valence-corrected chi connectivity index (χ1v) is 9.80. The quantitative estimate of drug-likeness (QED) is 0.465. The van der Waals surface area contributed by atoms with Crippen molar-refractivity contribution >= 4 is 5.97 Å². The van der Waals surface area contributed by atoms with Gasteiger partial charge in [-0.3, -0.25) is 0 Å². The monoisotopic (exact) mass is 416 g/mol. The van der Waals surface area contributed by atoms with Gasteiger partial charge >= 0.3 is 5.97 Å². The van der Waals surface area contributed by atoms with E-state index in [-0.39, 0.29) is 17.4 Å². The summed E-state index contributed by atoms with van der Waals surface area (Å²) in [6.45, 7) is 2.68. The van der Waals surface area contributed by atoms with E-state index in [9.17, 15) is 10.1 Å². The first-order valence-electron chi connectivity index (χ1n) is 9.80. The smallest absolute Gasteiger partial charge is 0.379 e. The Kier molecular flexibility index (Phi) is 5.63. The maximum atomic E-state index is 12.2. The van der Waals surface area contributed by atoms with Gasteiger partial charge in [-0.15, -0.1) is 0 Å². The van der Waals surface area contributed by atoms with Gasteiger partial charge in [0.05, 0.1) is 18.8 Å². The summed E-state index contributed by atoms with van der Waals surface area (Å²) in [7, 11) is 0. The summed E-state index contributed by atoms with van der Waals surface area (Å²) in [6, 6.07) is 17.8. The van der Waals surface area contributed by atoms with E-state index in [4.69, 9.17) is 24.4 Å². The third-order valence-corrected chi connectivity index (χ3v) is 4.81. The highest BCUT2D eigenvalue weighted by molar-refractivity contribution is 5.88. The number of carbonyl (C=O) groups excluding carboxylic acids is 1. The number of furan rings is 1. The van der Waals surface area contributed by atoms with Crippen LogP contribution in [0.25, 0.3) is 0 Å². The van der Waals surface area contributed by atoms with Crippen LogP contribution in [0.3, 0.4) is 0 Å². The Balaban J connectivity index is 1.65. The van der Waals surface area contributed by atoms with Crippen molar-refractivity contribution in [3.63, 3.8) is 0 Å². The van der Waals surface area contributed by atoms with Crippen molar-refractivity contribution in [3.8, 4) is 23.3 Å². The van der Waals surface area contributed by atoms with E-state index < -0.39 is 11.9 Å². The molecule has 0 fully saturated rings. The molecule has 31 heavy (non-hydrogen) atoms. The van der Waals surface area contributed by atoms with Crippen LogP contribution < -0.4 is 19.9 Å². The average Bonchev–Trinajstić information content (AvgIpc) is 3.32. The second-order valence-electron chi connectivity index (χ2n) is 6.91. The van der Waals surface area contributed by atoms with Gasteiger partial charge in [0.1, 0.15) is 28.9 Å². The molecule has 0 saturated carbocycles. The van der Waals surface area contributed by atoms with Gasteiger partial charge in [0, 0.05) is 11.6 Å². The highest BCUT2D eigenvalue weighted by atomic mass is 16.5. The first-order chi connectivity index (χ1) is 15.1. The summed E-state index contributed by atoms with van der Waals surface area (Å²) >= 11 is 0. The molecule has 1 atom stereocenters. The van der Waals surface area contributed by atoms with Crippen molar-refractivity contribution in [3.05, 3.63) is 89.2 Å². The molecule has 3 aromatic rings. The van der Waals surface area contributed by atoms with Crippen LogP contribution in [0.2, 0.25) is 0 Å². The summed E-state index contributed by atoms with van der Waals surface area (Å²) < 4.78 is 21.7. The molecule has 0 aliphatic carbocycles. The highest BCUT2D eigenvalue weighted by Gasteiger charge is 2.31. The topological polar surface area (TPSA) is 108 Å². The van der Waals surface area contributed by atoms with Crippen LogP contribution >= 0.6 is 0 Å². The van der Waals surface area contributed by atoms with Crippen LogP contribution in [0.1, 0.15) is 40.9 Å². The second-order valence-corrected chi connectivity index (χ2v) is 6.91. The zero-order valence-electron chi connectivity index (χ0n) is 16.8. The van der Waals surface area contributed by atoms with Crippen LogP contribution in [0.4, 0.5) is 0 Å². The number of nitriles is 1. The zero-order chi connectivity index (χ0) is 21.8. The molecule has 0 amide bonds. The van der Waals surface area contributed by atoms with Gasteiger partial charge < -0.3 is 24.4 Å². The Labute approximate surface area is 179 Å². The van der Waals surface area contributed by atoms with Crippen LogP contribution in [0.5, 0.6) is 17.2 Å². The van der Waals surface area contributed by atoms with E-state index in [2.05, 4.69) is 6.07 Å². The lowest BCUT2D eigenvalue weighted by atomic mass is 9.83. The molecule has 7 heteroatoms. The van der Waals surface area contributed by atoms with E-state index in [1.807, 2.05) is 31.2 Å². The molecule has 0 bridgehead atoms. The Morgan fingerprint density at radius 2 is 1.94 bits per heavy atom. The molecule has 1 aliphatic rings. The van der Waals surface area contributed by atoms with Crippen LogP contribution in [-0.2, 0) is 0 Å². The lowest BCUT2D eigenvalue weighted by Gasteiger charge is -2.26. The normalized spacial score (nSPS) is 14.9. The molecule has 0 radical (unpaired) electrons. The maximum Gasteiger partial charge on any atom is 0.379 e. The Morgan fingerprint density at radius 3 is 2.61 bits per heavy atom. The fraction of sp³-hybridized carbons (Fsp3) is 0.167. The minimum absolute atomic E-state index is 0.0146. The predicted molar refractivity (Wildman–Crippen MR) is 112 cm³/mol. The number of allylic oxidation sites excluding steroid dienone is 1. The third-order valence-electron chi connectivity index (χ3n) is 4.81. The van der Waals surface area contributed by atoms with Gasteiger partial charge in [-0.2, -0.15) is 5.26 Å². The molecule has 1 aliphatic heterocycles. The Hall–Kier alpha value is -4.18. The highest BCUT2D eigenvalue weighted by Crippen LogP contribution is 2.43. The van der Waals surface area contributed by atoms with Crippen molar-refractivity contribution in [2.75, 3.05) is 6.61 Å². The summed E-state index contributed by atoms with van der Waals surface area (Å²) in [5.41, 5.74) is 7.97. The number of rotatable bonds is 6. The van der Waals surface area contributed by atoms with E-state index in [0.29, 0.717) is 17.9 Å². The predicted octanol–water partition coefficient (Wildman–Crippen LogP) is 4.51. The number of esters is 1. The molecule has 7 nitrogen and oxygen atoms in total. The maximum absolute atomic E-state index is 12.2. The number of hydrogen-bond acceptors (Lipinski definition) is 7. The van der Waals surface area contributed by atoms with Gasteiger partial charge in [0.15, 0.2) is 0 Å². The molecular formula is C24H20N2O5. The zero-order valence-corrected chi connectivity index (χ0v) is 16.8. The Morgan fingerprint density at radius 1 is 1.16 bits per heavy atom. The SMILES string of the molecule is CCCOc1ccc(C2C(C#N)=C(N)Oc3cc(OC(=O)c4ccco4)ccc32)cc1. The van der Waals surface area contributed by atoms with Crippen molar-refractivity contribution in [2.24, 2.45) is 5.73 Å². The minimum Gasteiger partial charge on any atom is -0.494 e. The molecule has 1 aromatic heterocycles. The molecule has 4 rings (SSSR count). The minimum atomic E-state index is -0.624. The van der Waals surface area contributed by atoms with Gasteiger partial charge in [-0.25, -0.2) is 4.79 Å². The Bertz CT molecular complexity index is 1160. The van der Waals surface area contributed by atoms with Crippen LogP contribution in [-0.4, -0.2) is 12.6 Å². The van der Waals surface area contributed by atoms with Crippen molar-refractivity contribution in [1.29, 1.82) is 5.26 Å². The molecule has 2 heterocycles. The number of fused-ring (bicyclic) bond motifs is 1. The van der Waals surface area contributed by atoms with E-state index in [1.165, 1.54) is 12.3 Å². The molecule has 0 spiro atoms. The number of hydrogen-bond donors (Lipinski definition) is 1. The second kappa shape index (κ2) is 8.67. The molecule has 2 N–H and O–H groups in total. The largest absolute Gasteiger partial charge is 0.494 e. The van der Waals surface area contributed by atoms with Gasteiger partial charge in [-0.05, 0) is 42.3 Å². The van der Waals surface area contributed by atoms with E-state index >= 15 is 0 Å².